The van der Waals surface area contributed by atoms with Crippen LogP contribution >= 0.6 is 0 Å². The molecule has 2 atom stereocenters. The summed E-state index contributed by atoms with van der Waals surface area (Å²) in [5.41, 5.74) is 1.08. The summed E-state index contributed by atoms with van der Waals surface area (Å²) in [5.74, 6) is 1.94. The van der Waals surface area contributed by atoms with E-state index in [1.54, 1.807) is 0 Å². The molecule has 0 saturated carbocycles. The lowest BCUT2D eigenvalue weighted by Gasteiger charge is -2.13. The van der Waals surface area contributed by atoms with Crippen LogP contribution in [-0.4, -0.2) is 28.2 Å². The van der Waals surface area contributed by atoms with Crippen LogP contribution in [0.15, 0.2) is 28.9 Å². The number of pyridine rings is 1. The highest BCUT2D eigenvalue weighted by Gasteiger charge is 2.34. The van der Waals surface area contributed by atoms with Gasteiger partial charge in [0.1, 0.15) is 0 Å². The predicted molar refractivity (Wildman–Crippen MR) is 61.6 cm³/mol. The molecule has 5 nitrogen and oxygen atoms in total. The zero-order valence-electron chi connectivity index (χ0n) is 9.63. The first kappa shape index (κ1) is 10.4. The Hall–Kier alpha value is -1.75. The fourth-order valence-corrected chi connectivity index (χ4v) is 2.31. The summed E-state index contributed by atoms with van der Waals surface area (Å²) in [6, 6.07) is 5.99. The molecule has 5 heteroatoms. The lowest BCUT2D eigenvalue weighted by atomic mass is 9.92. The molecule has 0 radical (unpaired) electrons. The van der Waals surface area contributed by atoms with Crippen LogP contribution in [0, 0.1) is 6.92 Å². The highest BCUT2D eigenvalue weighted by atomic mass is 16.5. The van der Waals surface area contributed by atoms with E-state index in [9.17, 15) is 0 Å². The van der Waals surface area contributed by atoms with Crippen LogP contribution in [0.25, 0.3) is 0 Å². The molecule has 2 aromatic heterocycles. The second-order valence-electron chi connectivity index (χ2n) is 4.31. The van der Waals surface area contributed by atoms with Gasteiger partial charge < -0.3 is 9.84 Å². The minimum Gasteiger partial charge on any atom is -0.339 e. The van der Waals surface area contributed by atoms with Crippen molar-refractivity contribution in [2.75, 3.05) is 13.1 Å². The van der Waals surface area contributed by atoms with Crippen molar-refractivity contribution >= 4 is 0 Å². The molecule has 1 aliphatic rings. The maximum Gasteiger partial charge on any atom is 0.231 e. The highest BCUT2D eigenvalue weighted by molar-refractivity contribution is 5.19. The van der Waals surface area contributed by atoms with Gasteiger partial charge in [0.15, 0.2) is 5.82 Å². The monoisotopic (exact) mass is 230 g/mol. The van der Waals surface area contributed by atoms with Gasteiger partial charge in [0.25, 0.3) is 0 Å². The quantitative estimate of drug-likeness (QED) is 0.841. The van der Waals surface area contributed by atoms with E-state index in [0.29, 0.717) is 17.6 Å². The van der Waals surface area contributed by atoms with E-state index in [1.165, 1.54) is 0 Å². The van der Waals surface area contributed by atoms with Crippen molar-refractivity contribution in [3.05, 3.63) is 41.8 Å². The number of hydrogen-bond acceptors (Lipinski definition) is 5. The Morgan fingerprint density at radius 3 is 2.88 bits per heavy atom. The van der Waals surface area contributed by atoms with Gasteiger partial charge in [-0.05, 0) is 19.1 Å². The molecule has 0 unspecified atom stereocenters. The predicted octanol–water partition coefficient (Wildman–Crippen LogP) is 1.24. The van der Waals surface area contributed by atoms with Gasteiger partial charge in [0.2, 0.25) is 5.89 Å². The molecule has 1 fully saturated rings. The minimum absolute atomic E-state index is 0.228. The van der Waals surface area contributed by atoms with Crippen molar-refractivity contribution in [3.8, 4) is 0 Å². The third kappa shape index (κ3) is 1.93. The summed E-state index contributed by atoms with van der Waals surface area (Å²) in [6.45, 7) is 3.61. The Morgan fingerprint density at radius 1 is 1.29 bits per heavy atom. The number of nitrogens with zero attached hydrogens (tertiary/aromatic N) is 3. The van der Waals surface area contributed by atoms with Crippen LogP contribution in [0.1, 0.15) is 29.2 Å². The first-order chi connectivity index (χ1) is 8.34. The summed E-state index contributed by atoms with van der Waals surface area (Å²) in [5, 5.41) is 7.22. The van der Waals surface area contributed by atoms with Crippen molar-refractivity contribution in [2.45, 2.75) is 18.8 Å². The SMILES string of the molecule is Cc1noc([C@H]2CNC[C@@H]2c2ccccn2)n1. The minimum atomic E-state index is 0.228. The molecule has 3 rings (SSSR count). The molecule has 88 valence electrons. The number of hydrogen-bond donors (Lipinski definition) is 1. The van der Waals surface area contributed by atoms with Crippen LogP contribution < -0.4 is 5.32 Å². The molecule has 1 N–H and O–H groups in total. The molecule has 2 aromatic rings. The molecular formula is C12H14N4O. The fraction of sp³-hybridized carbons (Fsp3) is 0.417. The fourth-order valence-electron chi connectivity index (χ4n) is 2.31. The second kappa shape index (κ2) is 4.25. The highest BCUT2D eigenvalue weighted by Crippen LogP contribution is 2.33. The largest absolute Gasteiger partial charge is 0.339 e. The van der Waals surface area contributed by atoms with Crippen molar-refractivity contribution in [1.82, 2.24) is 20.4 Å². The Kier molecular flexibility index (Phi) is 2.60. The van der Waals surface area contributed by atoms with E-state index in [1.807, 2.05) is 31.3 Å². The summed E-state index contributed by atoms with van der Waals surface area (Å²) in [7, 11) is 0. The molecule has 1 aliphatic heterocycles. The number of aryl methyl sites for hydroxylation is 1. The Morgan fingerprint density at radius 2 is 2.18 bits per heavy atom. The molecule has 0 amide bonds. The normalized spacial score (nSPS) is 24.1. The lowest BCUT2D eigenvalue weighted by molar-refractivity contribution is 0.347. The van der Waals surface area contributed by atoms with Crippen molar-refractivity contribution < 1.29 is 4.52 Å². The van der Waals surface area contributed by atoms with E-state index in [2.05, 4.69) is 20.4 Å². The number of nitrogens with one attached hydrogen (secondary N) is 1. The van der Waals surface area contributed by atoms with E-state index in [-0.39, 0.29) is 5.92 Å². The summed E-state index contributed by atoms with van der Waals surface area (Å²) in [4.78, 5) is 8.74. The van der Waals surface area contributed by atoms with Gasteiger partial charge in [0, 0.05) is 30.9 Å². The molecule has 17 heavy (non-hydrogen) atoms. The summed E-state index contributed by atoms with van der Waals surface area (Å²) >= 11 is 0. The van der Waals surface area contributed by atoms with E-state index < -0.39 is 0 Å². The Balaban J connectivity index is 1.90. The third-order valence-corrected chi connectivity index (χ3v) is 3.14. The Bertz CT molecular complexity index is 496. The van der Waals surface area contributed by atoms with Crippen molar-refractivity contribution in [1.29, 1.82) is 0 Å². The molecule has 0 aromatic carbocycles. The number of rotatable bonds is 2. The molecular weight excluding hydrogens is 216 g/mol. The van der Waals surface area contributed by atoms with Crippen molar-refractivity contribution in [2.24, 2.45) is 0 Å². The van der Waals surface area contributed by atoms with Gasteiger partial charge >= 0.3 is 0 Å². The van der Waals surface area contributed by atoms with Crippen LogP contribution in [0.2, 0.25) is 0 Å². The molecule has 3 heterocycles. The first-order valence-electron chi connectivity index (χ1n) is 5.76. The van der Waals surface area contributed by atoms with Crippen LogP contribution in [-0.2, 0) is 0 Å². The van der Waals surface area contributed by atoms with Crippen LogP contribution in [0.3, 0.4) is 0 Å². The topological polar surface area (TPSA) is 63.8 Å². The maximum absolute atomic E-state index is 5.27. The standard InChI is InChI=1S/C12H14N4O/c1-8-15-12(17-16-8)10-7-13-6-9(10)11-4-2-3-5-14-11/h2-5,9-10,13H,6-7H2,1H3/t9-,10-/m0/s1. The molecule has 0 aliphatic carbocycles. The van der Waals surface area contributed by atoms with Crippen molar-refractivity contribution in [3.63, 3.8) is 0 Å². The third-order valence-electron chi connectivity index (χ3n) is 3.14. The summed E-state index contributed by atoms with van der Waals surface area (Å²) < 4.78 is 5.27. The van der Waals surface area contributed by atoms with E-state index >= 15 is 0 Å². The average Bonchev–Trinajstić information content (AvgIpc) is 2.98. The van der Waals surface area contributed by atoms with Crippen LogP contribution in [0.5, 0.6) is 0 Å². The second-order valence-corrected chi connectivity index (χ2v) is 4.31. The van der Waals surface area contributed by atoms with Gasteiger partial charge in [-0.3, -0.25) is 4.98 Å². The van der Waals surface area contributed by atoms with Crippen LogP contribution in [0.4, 0.5) is 0 Å². The van der Waals surface area contributed by atoms with Gasteiger partial charge in [-0.15, -0.1) is 0 Å². The van der Waals surface area contributed by atoms with Gasteiger partial charge in [-0.25, -0.2) is 0 Å². The lowest BCUT2D eigenvalue weighted by Crippen LogP contribution is -2.10. The first-order valence-corrected chi connectivity index (χ1v) is 5.76. The van der Waals surface area contributed by atoms with Gasteiger partial charge in [-0.2, -0.15) is 4.98 Å². The molecule has 0 spiro atoms. The Labute approximate surface area is 99.3 Å². The maximum atomic E-state index is 5.27. The summed E-state index contributed by atoms with van der Waals surface area (Å²) in [6.07, 6.45) is 1.82. The van der Waals surface area contributed by atoms with Gasteiger partial charge in [-0.1, -0.05) is 11.2 Å². The number of aromatic nitrogens is 3. The molecule has 0 bridgehead atoms. The van der Waals surface area contributed by atoms with Gasteiger partial charge in [0.05, 0.1) is 5.92 Å². The molecule has 1 saturated heterocycles. The zero-order valence-corrected chi connectivity index (χ0v) is 9.63. The zero-order chi connectivity index (χ0) is 11.7. The van der Waals surface area contributed by atoms with E-state index in [4.69, 9.17) is 4.52 Å². The average molecular weight is 230 g/mol. The van der Waals surface area contributed by atoms with E-state index in [0.717, 1.165) is 18.8 Å². The smallest absolute Gasteiger partial charge is 0.231 e.